The van der Waals surface area contributed by atoms with Gasteiger partial charge in [-0.25, -0.2) is 13.4 Å². The van der Waals surface area contributed by atoms with Gasteiger partial charge >= 0.3 is 0 Å². The van der Waals surface area contributed by atoms with Crippen molar-refractivity contribution >= 4 is 27.3 Å². The van der Waals surface area contributed by atoms with Crippen molar-refractivity contribution in [1.29, 1.82) is 0 Å². The van der Waals surface area contributed by atoms with E-state index in [0.29, 0.717) is 11.6 Å². The van der Waals surface area contributed by atoms with E-state index in [-0.39, 0.29) is 0 Å². The van der Waals surface area contributed by atoms with Gasteiger partial charge in [-0.15, -0.1) is 11.3 Å². The lowest BCUT2D eigenvalue weighted by Crippen LogP contribution is -2.35. The molecule has 1 aliphatic heterocycles. The lowest BCUT2D eigenvalue weighted by Gasteiger charge is -2.24. The van der Waals surface area contributed by atoms with Crippen LogP contribution < -0.4 is 10.6 Å². The minimum atomic E-state index is -3.36. The van der Waals surface area contributed by atoms with Gasteiger partial charge in [0.25, 0.3) is 0 Å². The molecule has 1 aromatic heterocycles. The number of rotatable bonds is 6. The maximum Gasteiger partial charge on any atom is 0.156 e. The highest BCUT2D eigenvalue weighted by Gasteiger charge is 2.33. The summed E-state index contributed by atoms with van der Waals surface area (Å²) in [6.07, 6.45) is 4.26. The summed E-state index contributed by atoms with van der Waals surface area (Å²) in [7, 11) is -3.36. The lowest BCUT2D eigenvalue weighted by molar-refractivity contribution is 0.0783. The van der Waals surface area contributed by atoms with Crippen molar-refractivity contribution in [2.75, 3.05) is 12.8 Å². The van der Waals surface area contributed by atoms with E-state index in [0.717, 1.165) is 55.4 Å². The van der Waals surface area contributed by atoms with E-state index < -0.39 is 20.2 Å². The molecule has 39 heavy (non-hydrogen) atoms. The summed E-state index contributed by atoms with van der Waals surface area (Å²) >= 11 is 1.49. The summed E-state index contributed by atoms with van der Waals surface area (Å²) in [5.74, 6) is 0. The molecular formula is C32H34N2O3S2. The summed E-state index contributed by atoms with van der Waals surface area (Å²) in [6, 6.07) is 20.5. The fraction of sp³-hybridized carbons (Fsp3) is 0.312. The molecular weight excluding hydrogens is 524 g/mol. The highest BCUT2D eigenvalue weighted by molar-refractivity contribution is 7.91. The third-order valence-electron chi connectivity index (χ3n) is 7.44. The quantitative estimate of drug-likeness (QED) is 0.326. The number of aromatic nitrogens is 1. The molecule has 0 atom stereocenters. The third-order valence-corrected chi connectivity index (χ3v) is 10.9. The number of aryl methyl sites for hydroxylation is 1. The molecule has 0 bridgehead atoms. The van der Waals surface area contributed by atoms with Gasteiger partial charge in [0, 0.05) is 23.9 Å². The molecule has 5 nitrogen and oxygen atoms in total. The van der Waals surface area contributed by atoms with Gasteiger partial charge in [0.1, 0.15) is 10.6 Å². The van der Waals surface area contributed by atoms with Gasteiger partial charge in [-0.05, 0) is 81.1 Å². The first-order chi connectivity index (χ1) is 18.3. The van der Waals surface area contributed by atoms with Crippen molar-refractivity contribution < 1.29 is 13.5 Å². The summed E-state index contributed by atoms with van der Waals surface area (Å²) < 4.78 is 24.4. The van der Waals surface area contributed by atoms with Crippen LogP contribution in [0.2, 0.25) is 0 Å². The van der Waals surface area contributed by atoms with Gasteiger partial charge in [-0.3, -0.25) is 4.99 Å². The van der Waals surface area contributed by atoms with Crippen LogP contribution in [-0.4, -0.2) is 31.3 Å². The Hall–Kier alpha value is -3.13. The fourth-order valence-electron chi connectivity index (χ4n) is 4.68. The fourth-order valence-corrected chi connectivity index (χ4v) is 6.31. The van der Waals surface area contributed by atoms with Gasteiger partial charge in [0.15, 0.2) is 9.84 Å². The highest BCUT2D eigenvalue weighted by atomic mass is 32.2. The Labute approximate surface area is 234 Å². The topological polar surface area (TPSA) is 79.6 Å². The van der Waals surface area contributed by atoms with Crippen LogP contribution in [0.25, 0.3) is 38.9 Å². The molecule has 0 fully saturated rings. The Bertz CT molecular complexity index is 1790. The summed E-state index contributed by atoms with van der Waals surface area (Å²) in [4.78, 5) is 10.7. The van der Waals surface area contributed by atoms with Crippen LogP contribution in [0, 0.1) is 6.92 Å². The largest absolute Gasteiger partial charge is 0.383 e. The Balaban J connectivity index is 1.73. The molecule has 0 saturated carbocycles. The molecule has 0 spiro atoms. The van der Waals surface area contributed by atoms with Crippen LogP contribution in [0.5, 0.6) is 0 Å². The van der Waals surface area contributed by atoms with Crippen molar-refractivity contribution in [3.63, 3.8) is 0 Å². The van der Waals surface area contributed by atoms with E-state index in [1.165, 1.54) is 23.2 Å². The maximum atomic E-state index is 12.7. The van der Waals surface area contributed by atoms with Crippen LogP contribution in [0.15, 0.2) is 65.7 Å². The monoisotopic (exact) mass is 558 g/mol. The molecule has 0 aliphatic carbocycles. The Morgan fingerprint density at radius 1 is 0.923 bits per heavy atom. The van der Waals surface area contributed by atoms with Gasteiger partial charge in [0.2, 0.25) is 0 Å². The van der Waals surface area contributed by atoms with Crippen LogP contribution in [0.4, 0.5) is 0 Å². The number of hydrogen-bond donors (Lipinski definition) is 1. The van der Waals surface area contributed by atoms with Gasteiger partial charge in [0.05, 0.1) is 20.7 Å². The van der Waals surface area contributed by atoms with Crippen molar-refractivity contribution in [3.05, 3.63) is 87.4 Å². The van der Waals surface area contributed by atoms with Crippen LogP contribution in [0.1, 0.15) is 50.3 Å². The number of sulfone groups is 1. The smallest absolute Gasteiger partial charge is 0.156 e. The van der Waals surface area contributed by atoms with Crippen molar-refractivity contribution in [1.82, 2.24) is 4.98 Å². The zero-order valence-electron chi connectivity index (χ0n) is 23.2. The lowest BCUT2D eigenvalue weighted by atomic mass is 9.93. The minimum absolute atomic E-state index is 0.650. The molecule has 3 aromatic carbocycles. The minimum Gasteiger partial charge on any atom is -0.383 e. The molecule has 202 valence electrons. The van der Waals surface area contributed by atoms with E-state index in [2.05, 4.69) is 49.4 Å². The molecule has 0 amide bonds. The molecule has 7 heteroatoms. The van der Waals surface area contributed by atoms with E-state index in [1.807, 2.05) is 24.3 Å². The predicted molar refractivity (Wildman–Crippen MR) is 161 cm³/mol. The van der Waals surface area contributed by atoms with Gasteiger partial charge in [-0.1, -0.05) is 54.1 Å². The molecule has 0 saturated heterocycles. The Kier molecular flexibility index (Phi) is 6.90. The van der Waals surface area contributed by atoms with Gasteiger partial charge in [-0.2, -0.15) is 0 Å². The van der Waals surface area contributed by atoms with Crippen molar-refractivity contribution in [2.45, 2.75) is 51.4 Å². The molecule has 1 aliphatic rings. The van der Waals surface area contributed by atoms with Crippen LogP contribution in [0.3, 0.4) is 0 Å². The number of fused-ring (bicyclic) bond motifs is 1. The number of hydrogen-bond acceptors (Lipinski definition) is 6. The molecule has 1 N–H and O–H groups in total. The number of nitrogens with zero attached hydrogens (tertiary/aromatic N) is 2. The molecule has 4 aromatic rings. The first kappa shape index (κ1) is 27.4. The highest BCUT2D eigenvalue weighted by Crippen LogP contribution is 2.41. The van der Waals surface area contributed by atoms with E-state index >= 15 is 0 Å². The number of benzene rings is 3. The SMILES string of the molecule is Cc1ccc(-c2nc(C(C)(C)O)sc2-c2cccc(-c3cc(C(C)(C)S(C)(=O)=O)cc4c3=NCCC=4)c2)cc1. The first-order valence-corrected chi connectivity index (χ1v) is 15.8. The summed E-state index contributed by atoms with van der Waals surface area (Å²) in [6.45, 7) is 9.78. The molecule has 2 heterocycles. The molecule has 5 rings (SSSR count). The summed E-state index contributed by atoms with van der Waals surface area (Å²) in [5.41, 5.74) is 5.54. The molecule has 0 radical (unpaired) electrons. The van der Waals surface area contributed by atoms with Crippen LogP contribution >= 0.6 is 11.3 Å². The first-order valence-electron chi connectivity index (χ1n) is 13.1. The number of aliphatic hydroxyl groups is 1. The average molecular weight is 559 g/mol. The second kappa shape index (κ2) is 9.81. The van der Waals surface area contributed by atoms with Crippen molar-refractivity contribution in [2.24, 2.45) is 4.99 Å². The zero-order valence-corrected chi connectivity index (χ0v) is 24.9. The summed E-state index contributed by atoms with van der Waals surface area (Å²) in [5, 5.41) is 13.3. The van der Waals surface area contributed by atoms with E-state index in [1.54, 1.807) is 27.7 Å². The Morgan fingerprint density at radius 3 is 2.28 bits per heavy atom. The predicted octanol–water partition coefficient (Wildman–Crippen LogP) is 5.76. The number of thiazole rings is 1. The second-order valence-electron chi connectivity index (χ2n) is 11.3. The third kappa shape index (κ3) is 5.23. The van der Waals surface area contributed by atoms with Gasteiger partial charge < -0.3 is 5.11 Å². The van der Waals surface area contributed by atoms with Crippen LogP contribution in [-0.2, 0) is 20.2 Å². The zero-order chi connectivity index (χ0) is 28.2. The van der Waals surface area contributed by atoms with Crippen molar-refractivity contribution in [3.8, 4) is 32.8 Å². The second-order valence-corrected chi connectivity index (χ2v) is 14.9. The van der Waals surface area contributed by atoms with E-state index in [4.69, 9.17) is 9.98 Å². The molecule has 0 unspecified atom stereocenters. The standard InChI is InChI=1S/C32H34N2O3S2/c1-20-12-14-21(15-13-20)28-29(38-30(34-28)31(2,3)35)24-10-7-9-22(17-24)26-19-25(32(4,5)39(6,36)37)18-23-11-8-16-33-27(23)26/h7,9-15,17-19,35H,8,16H2,1-6H3. The average Bonchev–Trinajstić information content (AvgIpc) is 3.34. The van der Waals surface area contributed by atoms with E-state index in [9.17, 15) is 13.5 Å². The Morgan fingerprint density at radius 2 is 1.62 bits per heavy atom. The normalized spacial score (nSPS) is 13.9. The maximum absolute atomic E-state index is 12.7.